The predicted octanol–water partition coefficient (Wildman–Crippen LogP) is 4.39. The van der Waals surface area contributed by atoms with Gasteiger partial charge in [-0.25, -0.2) is 14.4 Å². The summed E-state index contributed by atoms with van der Waals surface area (Å²) in [5, 5.41) is 24.2. The minimum Gasteiger partial charge on any atom is -0.505 e. The third kappa shape index (κ3) is 4.85. The van der Waals surface area contributed by atoms with Gasteiger partial charge in [0.25, 0.3) is 0 Å². The zero-order chi connectivity index (χ0) is 25.4. The first kappa shape index (κ1) is 24.4. The van der Waals surface area contributed by atoms with Crippen LogP contribution in [0.15, 0.2) is 18.2 Å². The van der Waals surface area contributed by atoms with Crippen LogP contribution in [0.3, 0.4) is 0 Å². The van der Waals surface area contributed by atoms with Gasteiger partial charge in [-0.15, -0.1) is 0 Å². The Labute approximate surface area is 207 Å². The summed E-state index contributed by atoms with van der Waals surface area (Å²) in [7, 11) is 0. The molecule has 0 atom stereocenters. The Hall–Kier alpha value is -3.32. The predicted molar refractivity (Wildman–Crippen MR) is 131 cm³/mol. The molecule has 0 unspecified atom stereocenters. The number of phenols is 1. The van der Waals surface area contributed by atoms with Crippen LogP contribution < -0.4 is 10.6 Å². The second-order valence-corrected chi connectivity index (χ2v) is 9.45. The normalized spacial score (nSPS) is 13.8. The van der Waals surface area contributed by atoms with Crippen LogP contribution in [-0.2, 0) is 19.4 Å². The van der Waals surface area contributed by atoms with Crippen molar-refractivity contribution < 1.29 is 22.7 Å². The second-order valence-electron chi connectivity index (χ2n) is 8.46. The number of halogens is 4. The van der Waals surface area contributed by atoms with Gasteiger partial charge in [0.1, 0.15) is 11.5 Å². The number of aromatic amines is 2. The summed E-state index contributed by atoms with van der Waals surface area (Å²) in [5.74, 6) is -0.175. The van der Waals surface area contributed by atoms with E-state index >= 15 is 0 Å². The van der Waals surface area contributed by atoms with Gasteiger partial charge in [0.2, 0.25) is 0 Å². The van der Waals surface area contributed by atoms with E-state index in [9.17, 15) is 22.7 Å². The van der Waals surface area contributed by atoms with Crippen LogP contribution in [-0.4, -0.2) is 61.5 Å². The van der Waals surface area contributed by atoms with Gasteiger partial charge < -0.3 is 20.7 Å². The van der Waals surface area contributed by atoms with Gasteiger partial charge in [-0.3, -0.25) is 5.10 Å². The number of fused-ring (bicyclic) bond motifs is 2. The van der Waals surface area contributed by atoms with Crippen molar-refractivity contribution in [2.45, 2.75) is 25.6 Å². The highest BCUT2D eigenvalue weighted by molar-refractivity contribution is 7.98. The van der Waals surface area contributed by atoms with E-state index in [2.05, 4.69) is 30.8 Å². The Morgan fingerprint density at radius 3 is 2.78 bits per heavy atom. The number of anilines is 1. The lowest BCUT2D eigenvalue weighted by molar-refractivity contribution is -0.127. The van der Waals surface area contributed by atoms with Gasteiger partial charge in [-0.2, -0.15) is 30.0 Å². The summed E-state index contributed by atoms with van der Waals surface area (Å²) in [6.07, 6.45) is -3.17. The number of hydrogen-bond acceptors (Lipinski definition) is 7. The Bertz CT molecular complexity index is 1390. The van der Waals surface area contributed by atoms with Gasteiger partial charge in [-0.1, -0.05) is 0 Å². The summed E-state index contributed by atoms with van der Waals surface area (Å²) in [6.45, 7) is 2.03. The monoisotopic (exact) mass is 521 g/mol. The number of rotatable bonds is 7. The molecule has 0 saturated heterocycles. The Balaban J connectivity index is 1.66. The largest absolute Gasteiger partial charge is 0.505 e. The van der Waals surface area contributed by atoms with Crippen molar-refractivity contribution in [3.05, 3.63) is 41.0 Å². The first-order chi connectivity index (χ1) is 17.2. The summed E-state index contributed by atoms with van der Waals surface area (Å²) in [5.41, 5.74) is 2.73. The van der Waals surface area contributed by atoms with E-state index in [-0.39, 0.29) is 16.8 Å². The Kier molecular flexibility index (Phi) is 6.51. The van der Waals surface area contributed by atoms with Crippen molar-refractivity contribution in [3.63, 3.8) is 0 Å². The van der Waals surface area contributed by atoms with E-state index in [0.29, 0.717) is 41.3 Å². The fourth-order valence-electron chi connectivity index (χ4n) is 4.29. The number of aromatic nitrogens is 5. The molecule has 0 fully saturated rings. The van der Waals surface area contributed by atoms with Crippen LogP contribution >= 0.6 is 11.8 Å². The van der Waals surface area contributed by atoms with Crippen molar-refractivity contribution in [1.82, 2.24) is 30.5 Å². The number of pyridine rings is 1. The minimum atomic E-state index is -4.56. The maximum Gasteiger partial charge on any atom is 0.393 e. The Morgan fingerprint density at radius 1 is 1.19 bits per heavy atom. The van der Waals surface area contributed by atoms with Crippen LogP contribution in [0, 0.1) is 5.82 Å². The molecule has 0 bridgehead atoms. The van der Waals surface area contributed by atoms with Crippen molar-refractivity contribution in [2.75, 3.05) is 30.4 Å². The molecule has 0 aliphatic carbocycles. The molecular formula is C23H23F4N7OS. The molecule has 8 nitrogen and oxygen atoms in total. The smallest absolute Gasteiger partial charge is 0.393 e. The third-order valence-electron chi connectivity index (χ3n) is 5.91. The summed E-state index contributed by atoms with van der Waals surface area (Å²) >= 11 is 1.62. The van der Waals surface area contributed by atoms with Crippen LogP contribution in [0.2, 0.25) is 0 Å². The highest BCUT2D eigenvalue weighted by Gasteiger charge is 2.30. The molecule has 0 saturated carbocycles. The average molecular weight is 522 g/mol. The zero-order valence-corrected chi connectivity index (χ0v) is 20.0. The van der Waals surface area contributed by atoms with E-state index in [1.807, 2.05) is 6.26 Å². The maximum absolute atomic E-state index is 14.3. The molecule has 13 heteroatoms. The quantitative estimate of drug-likeness (QED) is 0.181. The number of imidazole rings is 1. The fraction of sp³-hybridized carbons (Fsp3) is 0.348. The van der Waals surface area contributed by atoms with Crippen molar-refractivity contribution in [1.29, 1.82) is 0 Å². The molecule has 5 rings (SSSR count). The number of aromatic hydroxyl groups is 1. The number of hydrogen-bond donors (Lipinski definition) is 5. The summed E-state index contributed by atoms with van der Waals surface area (Å²) in [4.78, 5) is 12.6. The lowest BCUT2D eigenvalue weighted by Gasteiger charge is -2.15. The van der Waals surface area contributed by atoms with Crippen LogP contribution in [0.1, 0.15) is 17.0 Å². The number of benzene rings is 1. The van der Waals surface area contributed by atoms with E-state index in [0.717, 1.165) is 42.2 Å². The minimum absolute atomic E-state index is 0.0619. The van der Waals surface area contributed by atoms with E-state index < -0.39 is 24.2 Å². The standard InChI is InChI=1S/C23H23F4N7OS/c1-36-5-4-29-21-19-16(33-34-20(19)22-30-14-2-3-28-10-17(14)32-22)8-15(31-21)12-7-13(24)18(35)6-11(12)9-23(25,26)27/h6-8,28,35H,2-5,9-10H2,1H3,(H,29,31)(H,30,32)(H,33,34). The topological polar surface area (TPSA) is 115 Å². The van der Waals surface area contributed by atoms with Crippen molar-refractivity contribution >= 4 is 28.5 Å². The molecule has 0 amide bonds. The highest BCUT2D eigenvalue weighted by atomic mass is 32.2. The fourth-order valence-corrected chi connectivity index (χ4v) is 4.60. The molecule has 1 aliphatic heterocycles. The molecule has 0 radical (unpaired) electrons. The van der Waals surface area contributed by atoms with E-state index in [1.54, 1.807) is 11.8 Å². The third-order valence-corrected chi connectivity index (χ3v) is 6.52. The zero-order valence-electron chi connectivity index (χ0n) is 19.2. The molecule has 190 valence electrons. The molecule has 1 aliphatic rings. The first-order valence-electron chi connectivity index (χ1n) is 11.2. The van der Waals surface area contributed by atoms with Gasteiger partial charge in [0.05, 0.1) is 34.4 Å². The second kappa shape index (κ2) is 9.62. The number of H-pyrrole nitrogens is 2. The molecule has 0 spiro atoms. The van der Waals surface area contributed by atoms with Crippen LogP contribution in [0.5, 0.6) is 5.75 Å². The van der Waals surface area contributed by atoms with Crippen LogP contribution in [0.4, 0.5) is 23.4 Å². The highest BCUT2D eigenvalue weighted by Crippen LogP contribution is 2.37. The molecule has 4 aromatic rings. The Morgan fingerprint density at radius 2 is 2.03 bits per heavy atom. The van der Waals surface area contributed by atoms with Gasteiger partial charge in [-0.05, 0) is 30.0 Å². The summed E-state index contributed by atoms with van der Waals surface area (Å²) in [6, 6.07) is 3.20. The SMILES string of the molecule is CSCCNc1nc(-c2cc(F)c(O)cc2CC(F)(F)F)cc2[nH]nc(-c3nc4c([nH]3)CNCC4)c12. The number of alkyl halides is 3. The van der Waals surface area contributed by atoms with Crippen LogP contribution in [0.25, 0.3) is 33.7 Å². The first-order valence-corrected chi connectivity index (χ1v) is 12.6. The lowest BCUT2D eigenvalue weighted by atomic mass is 9.99. The van der Waals surface area contributed by atoms with Crippen molar-refractivity contribution in [3.8, 4) is 28.5 Å². The number of phenolic OH excluding ortho intramolecular Hbond substituents is 1. The number of nitrogens with zero attached hydrogens (tertiary/aromatic N) is 3. The number of thioether (sulfide) groups is 1. The molecule has 36 heavy (non-hydrogen) atoms. The lowest BCUT2D eigenvalue weighted by Crippen LogP contribution is -2.23. The maximum atomic E-state index is 14.3. The average Bonchev–Trinajstić information content (AvgIpc) is 3.44. The van der Waals surface area contributed by atoms with E-state index in [4.69, 9.17) is 4.98 Å². The van der Waals surface area contributed by atoms with Crippen molar-refractivity contribution in [2.24, 2.45) is 0 Å². The van der Waals surface area contributed by atoms with E-state index in [1.165, 1.54) is 6.07 Å². The molecule has 3 aromatic heterocycles. The molecule has 5 N–H and O–H groups in total. The molecule has 1 aromatic carbocycles. The summed E-state index contributed by atoms with van der Waals surface area (Å²) < 4.78 is 54.0. The van der Waals surface area contributed by atoms with Gasteiger partial charge in [0.15, 0.2) is 17.4 Å². The molecule has 4 heterocycles. The van der Waals surface area contributed by atoms with Gasteiger partial charge in [0, 0.05) is 37.4 Å². The van der Waals surface area contributed by atoms with Gasteiger partial charge >= 0.3 is 6.18 Å². The molecular weight excluding hydrogens is 498 g/mol. The number of nitrogens with one attached hydrogen (secondary N) is 4.